The van der Waals surface area contributed by atoms with Gasteiger partial charge in [-0.2, -0.15) is 0 Å². The number of aromatic nitrogens is 3. The molecule has 0 spiro atoms. The molecular weight excluding hydrogens is 703 g/mol. The Hall–Kier alpha value is -7.75. The molecule has 3 nitrogen and oxygen atoms in total. The summed E-state index contributed by atoms with van der Waals surface area (Å²) in [6.45, 7) is 0. The van der Waals surface area contributed by atoms with Crippen molar-refractivity contribution in [2.45, 2.75) is 0 Å². The summed E-state index contributed by atoms with van der Waals surface area (Å²) in [5.74, 6) is 1.90. The third kappa shape index (κ3) is 5.98. The van der Waals surface area contributed by atoms with E-state index < -0.39 is 0 Å². The first-order chi connectivity index (χ1) is 28.7. The van der Waals surface area contributed by atoms with E-state index in [0.717, 1.165) is 49.7 Å². The van der Waals surface area contributed by atoms with Crippen molar-refractivity contribution in [3.63, 3.8) is 0 Å². The maximum Gasteiger partial charge on any atom is 0.164 e. The first kappa shape index (κ1) is 33.6. The zero-order valence-electron chi connectivity index (χ0n) is 31.5. The average molecular weight is 738 g/mol. The van der Waals surface area contributed by atoms with Gasteiger partial charge >= 0.3 is 0 Å². The van der Waals surface area contributed by atoms with Gasteiger partial charge < -0.3 is 0 Å². The zero-order valence-corrected chi connectivity index (χ0v) is 31.5. The molecule has 0 saturated heterocycles. The van der Waals surface area contributed by atoms with Crippen LogP contribution in [-0.2, 0) is 0 Å². The summed E-state index contributed by atoms with van der Waals surface area (Å²) in [4.78, 5) is 15.7. The smallest absolute Gasteiger partial charge is 0.164 e. The van der Waals surface area contributed by atoms with Crippen molar-refractivity contribution in [1.29, 1.82) is 0 Å². The minimum atomic E-state index is 0.628. The summed E-state index contributed by atoms with van der Waals surface area (Å²) >= 11 is 0. The Balaban J connectivity index is 1.04. The Morgan fingerprint density at radius 2 is 0.621 bits per heavy atom. The summed E-state index contributed by atoms with van der Waals surface area (Å²) in [5, 5.41) is 9.53. The van der Waals surface area contributed by atoms with Crippen molar-refractivity contribution in [1.82, 2.24) is 15.0 Å². The Morgan fingerprint density at radius 3 is 1.31 bits per heavy atom. The van der Waals surface area contributed by atoms with Crippen LogP contribution in [0.2, 0.25) is 0 Å². The summed E-state index contributed by atoms with van der Waals surface area (Å²) < 4.78 is 0. The van der Waals surface area contributed by atoms with Gasteiger partial charge in [0.1, 0.15) is 0 Å². The predicted octanol–water partition coefficient (Wildman–Crippen LogP) is 14.5. The number of hydrogen-bond acceptors (Lipinski definition) is 3. The first-order valence-electron chi connectivity index (χ1n) is 19.7. The summed E-state index contributed by atoms with van der Waals surface area (Å²) in [6, 6.07) is 75.4. The number of fused-ring (bicyclic) bond motifs is 4. The molecule has 11 rings (SSSR count). The lowest BCUT2D eigenvalue weighted by molar-refractivity contribution is 1.08. The highest BCUT2D eigenvalue weighted by Gasteiger charge is 2.18. The Bertz CT molecular complexity index is 3350. The summed E-state index contributed by atoms with van der Waals surface area (Å²) in [6.07, 6.45) is 0. The van der Waals surface area contributed by atoms with Crippen LogP contribution in [-0.4, -0.2) is 15.0 Å². The second kappa shape index (κ2) is 14.1. The van der Waals surface area contributed by atoms with Crippen LogP contribution in [0.15, 0.2) is 212 Å². The minimum Gasteiger partial charge on any atom is -0.208 e. The van der Waals surface area contributed by atoms with Crippen LogP contribution < -0.4 is 0 Å². The van der Waals surface area contributed by atoms with Crippen molar-refractivity contribution < 1.29 is 0 Å². The molecule has 58 heavy (non-hydrogen) atoms. The highest BCUT2D eigenvalue weighted by Crippen LogP contribution is 2.38. The van der Waals surface area contributed by atoms with Gasteiger partial charge in [-0.15, -0.1) is 0 Å². The van der Waals surface area contributed by atoms with Crippen molar-refractivity contribution in [2.24, 2.45) is 0 Å². The Kier molecular flexibility index (Phi) is 8.15. The molecule has 0 aliphatic heterocycles. The van der Waals surface area contributed by atoms with Crippen LogP contribution in [0, 0.1) is 0 Å². The van der Waals surface area contributed by atoms with Gasteiger partial charge in [-0.25, -0.2) is 15.0 Å². The molecule has 0 amide bonds. The fourth-order valence-corrected chi connectivity index (χ4v) is 8.45. The molecule has 0 aliphatic rings. The fraction of sp³-hybridized carbons (Fsp3) is 0. The predicted molar refractivity (Wildman–Crippen MR) is 242 cm³/mol. The van der Waals surface area contributed by atoms with E-state index >= 15 is 0 Å². The van der Waals surface area contributed by atoms with Gasteiger partial charge in [-0.05, 0) is 94.7 Å². The summed E-state index contributed by atoms with van der Waals surface area (Å²) in [7, 11) is 0. The lowest BCUT2D eigenvalue weighted by Crippen LogP contribution is -2.01. The molecule has 3 heteroatoms. The topological polar surface area (TPSA) is 38.7 Å². The molecule has 10 aromatic carbocycles. The van der Waals surface area contributed by atoms with Gasteiger partial charge in [0, 0.05) is 16.7 Å². The molecule has 1 aromatic heterocycles. The lowest BCUT2D eigenvalue weighted by Gasteiger charge is -2.14. The molecule has 0 unspecified atom stereocenters. The number of nitrogens with zero attached hydrogens (tertiary/aromatic N) is 3. The van der Waals surface area contributed by atoms with Crippen LogP contribution in [0.25, 0.3) is 111 Å². The zero-order chi connectivity index (χ0) is 38.4. The molecule has 0 bridgehead atoms. The third-order valence-electron chi connectivity index (χ3n) is 11.3. The van der Waals surface area contributed by atoms with Crippen molar-refractivity contribution in [3.05, 3.63) is 212 Å². The Labute approximate surface area is 336 Å². The molecular formula is C55H35N3. The van der Waals surface area contributed by atoms with Gasteiger partial charge in [0.05, 0.1) is 0 Å². The number of benzene rings is 10. The maximum atomic E-state index is 5.27. The molecule has 0 saturated carbocycles. The van der Waals surface area contributed by atoms with Crippen molar-refractivity contribution >= 4 is 43.1 Å². The van der Waals surface area contributed by atoms with E-state index in [0.29, 0.717) is 17.5 Å². The van der Waals surface area contributed by atoms with E-state index in [1.165, 1.54) is 43.4 Å². The molecule has 11 aromatic rings. The van der Waals surface area contributed by atoms with Gasteiger partial charge in [-0.3, -0.25) is 0 Å². The normalized spacial score (nSPS) is 11.4. The van der Waals surface area contributed by atoms with Crippen LogP contribution >= 0.6 is 0 Å². The fourth-order valence-electron chi connectivity index (χ4n) is 8.45. The van der Waals surface area contributed by atoms with Crippen molar-refractivity contribution in [3.8, 4) is 67.5 Å². The van der Waals surface area contributed by atoms with Crippen LogP contribution in [0.4, 0.5) is 0 Å². The second-order valence-electron chi connectivity index (χ2n) is 14.8. The lowest BCUT2D eigenvalue weighted by atomic mass is 9.94. The maximum absolute atomic E-state index is 5.27. The highest BCUT2D eigenvalue weighted by molar-refractivity contribution is 6.02. The molecule has 0 fully saturated rings. The monoisotopic (exact) mass is 737 g/mol. The van der Waals surface area contributed by atoms with Gasteiger partial charge in [0.25, 0.3) is 0 Å². The molecule has 1 heterocycles. The van der Waals surface area contributed by atoms with E-state index in [-0.39, 0.29) is 0 Å². The third-order valence-corrected chi connectivity index (χ3v) is 11.3. The number of hydrogen-bond donors (Lipinski definition) is 0. The van der Waals surface area contributed by atoms with E-state index in [9.17, 15) is 0 Å². The van der Waals surface area contributed by atoms with E-state index in [4.69, 9.17) is 15.0 Å². The molecule has 0 atom stereocenters. The summed E-state index contributed by atoms with van der Waals surface area (Å²) in [5.41, 5.74) is 9.77. The van der Waals surface area contributed by atoms with Gasteiger partial charge in [0.15, 0.2) is 17.5 Å². The van der Waals surface area contributed by atoms with E-state index in [1.54, 1.807) is 0 Å². The molecule has 0 N–H and O–H groups in total. The first-order valence-corrected chi connectivity index (χ1v) is 19.7. The quantitative estimate of drug-likeness (QED) is 0.171. The SMILES string of the molecule is c1cc(-c2ccc3cc(-c4cccc5ccccc45)ccc3c2)cc(-c2nc(-c3ccccc3-c3cccc4ccccc34)nc(-c3cccc4ccccc34)n2)c1. The van der Waals surface area contributed by atoms with Gasteiger partial charge in [-0.1, -0.05) is 194 Å². The number of rotatable bonds is 6. The van der Waals surface area contributed by atoms with Crippen molar-refractivity contribution in [2.75, 3.05) is 0 Å². The largest absolute Gasteiger partial charge is 0.208 e. The van der Waals surface area contributed by atoms with Gasteiger partial charge in [0.2, 0.25) is 0 Å². The minimum absolute atomic E-state index is 0.628. The average Bonchev–Trinajstić information content (AvgIpc) is 3.30. The highest BCUT2D eigenvalue weighted by atomic mass is 15.0. The standard InChI is InChI=1S/C55H35N3/c1-4-21-45-36(13-1)16-10-26-48(45)43-32-31-41-33-40(29-30-42(41)34-43)39-19-9-20-44(35-39)53-56-54(51-28-12-18-38-15-3-6-23-47(38)51)58-55(57-53)52-25-8-7-24-50(52)49-27-11-17-37-14-2-5-22-46(37)49/h1-35H. The molecule has 0 radical (unpaired) electrons. The second-order valence-corrected chi connectivity index (χ2v) is 14.8. The van der Waals surface area contributed by atoms with Crippen LogP contribution in [0.3, 0.4) is 0 Å². The van der Waals surface area contributed by atoms with Crippen LogP contribution in [0.5, 0.6) is 0 Å². The Morgan fingerprint density at radius 1 is 0.207 bits per heavy atom. The van der Waals surface area contributed by atoms with Crippen LogP contribution in [0.1, 0.15) is 0 Å². The van der Waals surface area contributed by atoms with E-state index in [1.807, 2.05) is 0 Å². The van der Waals surface area contributed by atoms with E-state index in [2.05, 4.69) is 212 Å². The molecule has 270 valence electrons. The molecule has 0 aliphatic carbocycles.